The molecule has 0 saturated heterocycles. The van der Waals surface area contributed by atoms with Crippen LogP contribution in [-0.4, -0.2) is 28.3 Å². The summed E-state index contributed by atoms with van der Waals surface area (Å²) in [5.41, 5.74) is 0.669. The number of carbonyl (C=O) groups is 2. The van der Waals surface area contributed by atoms with Gasteiger partial charge in [0.1, 0.15) is 12.2 Å². The highest BCUT2D eigenvalue weighted by Gasteiger charge is 2.36. The van der Waals surface area contributed by atoms with Crippen molar-refractivity contribution in [1.82, 2.24) is 9.97 Å². The molecule has 0 fully saturated rings. The first-order chi connectivity index (χ1) is 16.2. The van der Waals surface area contributed by atoms with Gasteiger partial charge in [0.25, 0.3) is 12.9 Å². The molecule has 6 nitrogen and oxygen atoms in total. The number of alkyl halides is 4. The van der Waals surface area contributed by atoms with Crippen LogP contribution in [-0.2, 0) is 9.59 Å². The van der Waals surface area contributed by atoms with E-state index in [0.29, 0.717) is 11.3 Å². The molecule has 1 N–H and O–H groups in total. The molecule has 0 radical (unpaired) electrons. The molecule has 0 aliphatic carbocycles. The van der Waals surface area contributed by atoms with Crippen LogP contribution < -0.4 is 10.2 Å². The zero-order chi connectivity index (χ0) is 24.6. The Morgan fingerprint density at radius 2 is 1.82 bits per heavy atom. The number of aromatic nitrogens is 2. The summed E-state index contributed by atoms with van der Waals surface area (Å²) in [5.74, 6) is -1.93. The lowest BCUT2D eigenvalue weighted by Gasteiger charge is -2.25. The number of carbonyl (C=O) groups excluding carboxylic acids is 2. The second-order valence-corrected chi connectivity index (χ2v) is 7.90. The number of benzene rings is 1. The number of hydrogen-bond donors (Lipinski definition) is 1. The molecule has 1 atom stereocenters. The molecule has 3 heterocycles. The minimum atomic E-state index is -2.92. The third-order valence-corrected chi connectivity index (χ3v) is 5.55. The van der Waals surface area contributed by atoms with E-state index in [9.17, 15) is 27.2 Å². The number of halogens is 4. The van der Waals surface area contributed by atoms with Gasteiger partial charge in [-0.15, -0.1) is 0 Å². The third-order valence-electron chi connectivity index (χ3n) is 5.55. The number of nitrogens with one attached hydrogen (secondary N) is 1. The van der Waals surface area contributed by atoms with Crippen molar-refractivity contribution in [1.29, 1.82) is 0 Å². The van der Waals surface area contributed by atoms with E-state index >= 15 is 0 Å². The molecule has 0 bridgehead atoms. The largest absolute Gasteiger partial charge is 0.325 e. The van der Waals surface area contributed by atoms with Crippen LogP contribution in [0.3, 0.4) is 0 Å². The first-order valence-corrected chi connectivity index (χ1v) is 10.4. The highest BCUT2D eigenvalue weighted by atomic mass is 19.3. The number of aryl methyl sites for hydroxylation is 1. The quantitative estimate of drug-likeness (QED) is 0.504. The summed E-state index contributed by atoms with van der Waals surface area (Å²) in [6.45, 7) is 2.64. The van der Waals surface area contributed by atoms with E-state index in [2.05, 4.69) is 15.3 Å². The van der Waals surface area contributed by atoms with E-state index in [4.69, 9.17) is 0 Å². The molecular weight excluding hydrogens is 452 g/mol. The lowest BCUT2D eigenvalue weighted by Crippen LogP contribution is -2.40. The molecule has 0 saturated carbocycles. The van der Waals surface area contributed by atoms with Crippen LogP contribution in [0.2, 0.25) is 0 Å². The molecular formula is C24H20F4N4O2. The van der Waals surface area contributed by atoms with Crippen molar-refractivity contribution >= 4 is 23.2 Å². The standard InChI is InChI=1S/C24H20F4N4O2/c1-12-10-17-19(21(30-12)23(27)28)16-4-3-9-29-20(16)13(2)24(34)32(17)11-18(33)31-15-7-5-14(6-8-15)22(25)26/h3-10,13,22-23H,11H2,1-2H3,(H,31,33)/t13-/m0/s1. The van der Waals surface area contributed by atoms with Gasteiger partial charge in [0.05, 0.1) is 17.3 Å². The van der Waals surface area contributed by atoms with Gasteiger partial charge in [-0.25, -0.2) is 17.6 Å². The predicted octanol–water partition coefficient (Wildman–Crippen LogP) is 5.42. The Balaban J connectivity index is 1.75. The number of rotatable bonds is 5. The second kappa shape index (κ2) is 9.20. The molecule has 1 aromatic carbocycles. The van der Waals surface area contributed by atoms with Gasteiger partial charge in [0, 0.05) is 34.3 Å². The third kappa shape index (κ3) is 4.35. The Labute approximate surface area is 192 Å². The highest BCUT2D eigenvalue weighted by molar-refractivity contribution is 6.09. The summed E-state index contributed by atoms with van der Waals surface area (Å²) in [6.07, 6.45) is -4.10. The number of nitrogens with zero attached hydrogens (tertiary/aromatic N) is 3. The SMILES string of the molecule is Cc1cc2c(c(C(F)F)n1)-c1cccnc1[C@H](C)C(=O)N2CC(=O)Nc1ccc(C(F)F)cc1. The fraction of sp³-hybridized carbons (Fsp3) is 0.250. The molecule has 34 heavy (non-hydrogen) atoms. The van der Waals surface area contributed by atoms with Crippen molar-refractivity contribution in [2.75, 3.05) is 16.8 Å². The topological polar surface area (TPSA) is 75.2 Å². The summed E-state index contributed by atoms with van der Waals surface area (Å²) in [5, 5.41) is 2.56. The van der Waals surface area contributed by atoms with E-state index in [0.717, 1.165) is 4.90 Å². The molecule has 2 aromatic heterocycles. The van der Waals surface area contributed by atoms with Crippen LogP contribution in [0.1, 0.15) is 48.3 Å². The summed E-state index contributed by atoms with van der Waals surface area (Å²) in [6, 6.07) is 9.68. The molecule has 4 rings (SSSR count). The van der Waals surface area contributed by atoms with Crippen molar-refractivity contribution in [3.63, 3.8) is 0 Å². The number of amides is 2. The van der Waals surface area contributed by atoms with Crippen LogP contribution in [0.25, 0.3) is 11.1 Å². The van der Waals surface area contributed by atoms with Gasteiger partial charge in [-0.3, -0.25) is 19.6 Å². The van der Waals surface area contributed by atoms with Crippen molar-refractivity contribution in [3.05, 3.63) is 71.3 Å². The minimum absolute atomic E-state index is 0.0514. The van der Waals surface area contributed by atoms with Crippen molar-refractivity contribution in [2.24, 2.45) is 0 Å². The van der Waals surface area contributed by atoms with Crippen LogP contribution in [0, 0.1) is 6.92 Å². The lowest BCUT2D eigenvalue weighted by atomic mass is 9.96. The van der Waals surface area contributed by atoms with Gasteiger partial charge in [0.2, 0.25) is 11.8 Å². The van der Waals surface area contributed by atoms with E-state index in [1.54, 1.807) is 19.1 Å². The maximum absolute atomic E-state index is 14.0. The summed E-state index contributed by atoms with van der Waals surface area (Å²) in [4.78, 5) is 35.6. The smallest absolute Gasteiger partial charge is 0.281 e. The van der Waals surface area contributed by atoms with Gasteiger partial charge in [-0.1, -0.05) is 18.2 Å². The zero-order valence-corrected chi connectivity index (χ0v) is 18.2. The number of fused-ring (bicyclic) bond motifs is 3. The molecule has 3 aromatic rings. The monoisotopic (exact) mass is 472 g/mol. The Kier molecular flexibility index (Phi) is 6.32. The average Bonchev–Trinajstić information content (AvgIpc) is 2.88. The molecule has 1 aliphatic heterocycles. The normalized spacial score (nSPS) is 15.2. The predicted molar refractivity (Wildman–Crippen MR) is 118 cm³/mol. The molecule has 2 amide bonds. The fourth-order valence-electron chi connectivity index (χ4n) is 3.99. The lowest BCUT2D eigenvalue weighted by molar-refractivity contribution is -0.122. The molecule has 176 valence electrons. The van der Waals surface area contributed by atoms with Gasteiger partial charge >= 0.3 is 0 Å². The van der Waals surface area contributed by atoms with Gasteiger partial charge in [0.15, 0.2) is 0 Å². The summed E-state index contributed by atoms with van der Waals surface area (Å²) < 4.78 is 53.5. The fourth-order valence-corrected chi connectivity index (χ4v) is 3.99. The Bertz CT molecular complexity index is 1250. The van der Waals surface area contributed by atoms with Gasteiger partial charge in [-0.05, 0) is 38.1 Å². The molecule has 0 unspecified atom stereocenters. The van der Waals surface area contributed by atoms with Crippen molar-refractivity contribution in [3.8, 4) is 11.1 Å². The average molecular weight is 472 g/mol. The van der Waals surface area contributed by atoms with Crippen LogP contribution in [0.5, 0.6) is 0 Å². The summed E-state index contributed by atoms with van der Waals surface area (Å²) in [7, 11) is 0. The summed E-state index contributed by atoms with van der Waals surface area (Å²) >= 11 is 0. The number of anilines is 2. The molecule has 10 heteroatoms. The van der Waals surface area contributed by atoms with Crippen LogP contribution in [0.4, 0.5) is 28.9 Å². The maximum atomic E-state index is 14.0. The minimum Gasteiger partial charge on any atom is -0.325 e. The zero-order valence-electron chi connectivity index (χ0n) is 18.2. The van der Waals surface area contributed by atoms with Crippen molar-refractivity contribution in [2.45, 2.75) is 32.6 Å². The Hall–Kier alpha value is -3.82. The van der Waals surface area contributed by atoms with E-state index in [-0.39, 0.29) is 28.2 Å². The first-order valence-electron chi connectivity index (χ1n) is 10.4. The van der Waals surface area contributed by atoms with Crippen molar-refractivity contribution < 1.29 is 27.2 Å². The first kappa shape index (κ1) is 23.3. The van der Waals surface area contributed by atoms with E-state index < -0.39 is 42.8 Å². The number of hydrogen-bond acceptors (Lipinski definition) is 4. The van der Waals surface area contributed by atoms with Gasteiger partial charge < -0.3 is 10.2 Å². The van der Waals surface area contributed by atoms with Crippen LogP contribution in [0.15, 0.2) is 48.7 Å². The maximum Gasteiger partial charge on any atom is 0.281 e. The van der Waals surface area contributed by atoms with E-state index in [1.165, 1.54) is 43.5 Å². The molecule has 0 spiro atoms. The van der Waals surface area contributed by atoms with Gasteiger partial charge in [-0.2, -0.15) is 0 Å². The highest BCUT2D eigenvalue weighted by Crippen LogP contribution is 2.44. The van der Waals surface area contributed by atoms with E-state index in [1.807, 2.05) is 0 Å². The number of pyridine rings is 2. The molecule has 1 aliphatic rings. The second-order valence-electron chi connectivity index (χ2n) is 7.90. The van der Waals surface area contributed by atoms with Crippen LogP contribution >= 0.6 is 0 Å². The Morgan fingerprint density at radius 1 is 1.12 bits per heavy atom. The Morgan fingerprint density at radius 3 is 2.47 bits per heavy atom.